The van der Waals surface area contributed by atoms with Gasteiger partial charge in [-0.05, 0) is 18.6 Å². The number of phenols is 2. The van der Waals surface area contributed by atoms with E-state index < -0.39 is 30.2 Å². The first-order valence-electron chi connectivity index (χ1n) is 9.10. The second kappa shape index (κ2) is 9.28. The summed E-state index contributed by atoms with van der Waals surface area (Å²) in [6.07, 6.45) is 6.75. The Kier molecular flexibility index (Phi) is 6.76. The summed E-state index contributed by atoms with van der Waals surface area (Å²) in [7, 11) is 0. The van der Waals surface area contributed by atoms with Gasteiger partial charge in [-0.1, -0.05) is 35.0 Å². The molecular formula is C20H21ClFNO6. The van der Waals surface area contributed by atoms with Gasteiger partial charge in [-0.3, -0.25) is 0 Å². The van der Waals surface area contributed by atoms with Gasteiger partial charge >= 0.3 is 5.97 Å². The Morgan fingerprint density at radius 2 is 2.14 bits per heavy atom. The summed E-state index contributed by atoms with van der Waals surface area (Å²) >= 11 is 6.21. The van der Waals surface area contributed by atoms with Crippen molar-refractivity contribution in [3.63, 3.8) is 0 Å². The Morgan fingerprint density at radius 1 is 1.34 bits per heavy atom. The average Bonchev–Trinajstić information content (AvgIpc) is 3.39. The smallest absolute Gasteiger partial charge is 0.342 e. The Morgan fingerprint density at radius 3 is 2.90 bits per heavy atom. The van der Waals surface area contributed by atoms with E-state index in [2.05, 4.69) is 5.16 Å². The molecule has 0 unspecified atom stereocenters. The third kappa shape index (κ3) is 5.27. The van der Waals surface area contributed by atoms with E-state index in [4.69, 9.17) is 25.9 Å². The molecule has 0 radical (unpaired) electrons. The van der Waals surface area contributed by atoms with Gasteiger partial charge in [0.25, 0.3) is 0 Å². The molecule has 2 heterocycles. The fourth-order valence-corrected chi connectivity index (χ4v) is 3.23. The van der Waals surface area contributed by atoms with Crippen LogP contribution in [0.3, 0.4) is 0 Å². The maximum Gasteiger partial charge on any atom is 0.342 e. The number of halogens is 2. The molecule has 9 heteroatoms. The molecule has 156 valence electrons. The van der Waals surface area contributed by atoms with Gasteiger partial charge < -0.3 is 24.5 Å². The normalized spacial score (nSPS) is 25.7. The lowest BCUT2D eigenvalue weighted by Gasteiger charge is -2.17. The zero-order chi connectivity index (χ0) is 21.0. The van der Waals surface area contributed by atoms with E-state index >= 15 is 0 Å². The van der Waals surface area contributed by atoms with E-state index in [0.717, 1.165) is 6.07 Å². The van der Waals surface area contributed by atoms with Crippen LogP contribution in [0.25, 0.3) is 0 Å². The number of alkyl halides is 1. The maximum absolute atomic E-state index is 12.7. The summed E-state index contributed by atoms with van der Waals surface area (Å²) in [5.41, 5.74) is 0.240. The molecule has 0 aromatic heterocycles. The molecule has 3 atom stereocenters. The van der Waals surface area contributed by atoms with Gasteiger partial charge in [-0.25, -0.2) is 9.18 Å². The van der Waals surface area contributed by atoms with Crippen LogP contribution in [0, 0.1) is 0 Å². The van der Waals surface area contributed by atoms with Crippen molar-refractivity contribution in [2.24, 2.45) is 5.16 Å². The van der Waals surface area contributed by atoms with E-state index in [1.165, 1.54) is 0 Å². The second-order valence-corrected chi connectivity index (χ2v) is 7.08. The molecule has 29 heavy (non-hydrogen) atoms. The average molecular weight is 426 g/mol. The summed E-state index contributed by atoms with van der Waals surface area (Å²) < 4.78 is 23.3. The van der Waals surface area contributed by atoms with Crippen LogP contribution in [0.2, 0.25) is 5.02 Å². The van der Waals surface area contributed by atoms with Crippen LogP contribution in [-0.2, 0) is 20.7 Å². The number of rotatable bonds is 3. The minimum atomic E-state index is -0.787. The van der Waals surface area contributed by atoms with Crippen molar-refractivity contribution in [1.29, 1.82) is 0 Å². The topological polar surface area (TPSA) is 101 Å². The van der Waals surface area contributed by atoms with Gasteiger partial charge in [-0.15, -0.1) is 0 Å². The number of phenolic OH excluding ortho intramolecular Hbond substituents is 2. The van der Waals surface area contributed by atoms with Crippen LogP contribution in [-0.4, -0.2) is 53.5 Å². The fraction of sp³-hybridized carbons (Fsp3) is 0.400. The molecule has 2 aliphatic heterocycles. The highest BCUT2D eigenvalue weighted by Gasteiger charge is 2.38. The van der Waals surface area contributed by atoms with Crippen LogP contribution in [0.1, 0.15) is 29.3 Å². The molecule has 2 N–H and O–H groups in total. The quantitative estimate of drug-likeness (QED) is 0.333. The number of hydrogen-bond donors (Lipinski definition) is 2. The van der Waals surface area contributed by atoms with Crippen molar-refractivity contribution >= 4 is 23.3 Å². The predicted octanol–water partition coefficient (Wildman–Crippen LogP) is 3.46. The number of esters is 1. The van der Waals surface area contributed by atoms with E-state index in [1.54, 1.807) is 25.2 Å². The monoisotopic (exact) mass is 425 g/mol. The number of carbonyl (C=O) groups excluding carboxylic acids is 1. The minimum Gasteiger partial charge on any atom is -0.507 e. The highest BCUT2D eigenvalue weighted by molar-refractivity contribution is 6.33. The molecule has 0 aliphatic carbocycles. The van der Waals surface area contributed by atoms with Gasteiger partial charge in [0.15, 0.2) is 0 Å². The number of cyclic esters (lactones) is 1. The summed E-state index contributed by atoms with van der Waals surface area (Å²) in [5.74, 6) is -1.66. The first-order chi connectivity index (χ1) is 13.9. The summed E-state index contributed by atoms with van der Waals surface area (Å²) in [4.78, 5) is 17.7. The number of oxime groups is 1. The molecular weight excluding hydrogens is 405 g/mol. The number of aromatic hydroxyl groups is 2. The van der Waals surface area contributed by atoms with Crippen LogP contribution < -0.4 is 0 Å². The van der Waals surface area contributed by atoms with Gasteiger partial charge in [0, 0.05) is 18.9 Å². The summed E-state index contributed by atoms with van der Waals surface area (Å²) in [5, 5.41) is 24.0. The van der Waals surface area contributed by atoms with Gasteiger partial charge in [-0.2, -0.15) is 0 Å². The first-order valence-corrected chi connectivity index (χ1v) is 9.48. The van der Waals surface area contributed by atoms with Crippen molar-refractivity contribution in [3.8, 4) is 11.5 Å². The molecule has 1 aromatic rings. The van der Waals surface area contributed by atoms with Gasteiger partial charge in [0.1, 0.15) is 42.6 Å². The Hall–Kier alpha value is -2.58. The molecule has 0 spiro atoms. The Bertz CT molecular complexity index is 869. The highest BCUT2D eigenvalue weighted by Crippen LogP contribution is 2.38. The molecule has 0 bridgehead atoms. The zero-order valence-electron chi connectivity index (χ0n) is 15.7. The zero-order valence-corrected chi connectivity index (χ0v) is 16.4. The van der Waals surface area contributed by atoms with Crippen molar-refractivity contribution < 1.29 is 33.7 Å². The number of nitrogens with zero attached hydrogens (tertiary/aromatic N) is 1. The number of ether oxygens (including phenoxy) is 2. The van der Waals surface area contributed by atoms with Gasteiger partial charge in [0.2, 0.25) is 0 Å². The third-order valence-corrected chi connectivity index (χ3v) is 4.85. The maximum atomic E-state index is 12.7. The molecule has 1 saturated heterocycles. The highest BCUT2D eigenvalue weighted by atomic mass is 35.5. The largest absolute Gasteiger partial charge is 0.507 e. The van der Waals surface area contributed by atoms with Crippen LogP contribution in [0.15, 0.2) is 35.5 Å². The third-order valence-electron chi connectivity index (χ3n) is 4.43. The van der Waals surface area contributed by atoms with Crippen molar-refractivity contribution in [3.05, 3.63) is 46.5 Å². The minimum absolute atomic E-state index is 0.0668. The Balaban J connectivity index is 2.03. The number of benzene rings is 1. The second-order valence-electron chi connectivity index (χ2n) is 6.70. The van der Waals surface area contributed by atoms with E-state index in [9.17, 15) is 19.4 Å². The van der Waals surface area contributed by atoms with Crippen LogP contribution in [0.4, 0.5) is 4.39 Å². The molecule has 1 fully saturated rings. The SMILES string of the molecule is C[C@@H]1C[C@H]2O[C@@H]2C=CC=CC(=NOCCF)Cc2c(Cl)c(O)cc(O)c2C(=O)O1. The lowest BCUT2D eigenvalue weighted by atomic mass is 9.99. The van der Waals surface area contributed by atoms with Crippen molar-refractivity contribution in [1.82, 2.24) is 0 Å². The van der Waals surface area contributed by atoms with Gasteiger partial charge in [0.05, 0.1) is 16.8 Å². The molecule has 1 aromatic carbocycles. The lowest BCUT2D eigenvalue weighted by Crippen LogP contribution is -2.20. The number of carbonyl (C=O) groups is 1. The molecule has 7 nitrogen and oxygen atoms in total. The van der Waals surface area contributed by atoms with Crippen molar-refractivity contribution in [2.75, 3.05) is 13.3 Å². The number of hydrogen-bond acceptors (Lipinski definition) is 7. The van der Waals surface area contributed by atoms with E-state index in [0.29, 0.717) is 12.1 Å². The lowest BCUT2D eigenvalue weighted by molar-refractivity contribution is 0.0306. The van der Waals surface area contributed by atoms with Crippen molar-refractivity contribution in [2.45, 2.75) is 38.1 Å². The predicted molar refractivity (Wildman–Crippen MR) is 104 cm³/mol. The Labute approximate surface area is 172 Å². The molecule has 0 amide bonds. The first kappa shape index (κ1) is 21.1. The number of epoxide rings is 1. The summed E-state index contributed by atoms with van der Waals surface area (Å²) in [6.45, 7) is 0.767. The molecule has 0 saturated carbocycles. The summed E-state index contributed by atoms with van der Waals surface area (Å²) in [6, 6.07) is 0.977. The number of allylic oxidation sites excluding steroid dienone is 3. The standard InChI is InChI=1S/C20H21ClFNO6/c1-11-8-17-16(29-17)5-3-2-4-12(23-27-7-6-22)9-13-18(20(26)28-11)14(24)10-15(25)19(13)21/h2-5,10-11,16-17,24-25H,6-9H2,1H3/t11-,16-,17-/m1/s1. The molecule has 2 aliphatic rings. The van der Waals surface area contributed by atoms with E-state index in [1.807, 2.05) is 6.08 Å². The number of fused-ring (bicyclic) bond motifs is 2. The van der Waals surface area contributed by atoms with Crippen LogP contribution >= 0.6 is 11.6 Å². The fourth-order valence-electron chi connectivity index (χ4n) is 3.02. The van der Waals surface area contributed by atoms with E-state index in [-0.39, 0.29) is 41.4 Å². The van der Waals surface area contributed by atoms with Crippen LogP contribution in [0.5, 0.6) is 11.5 Å². The molecule has 3 rings (SSSR count).